The standard InChI is InChI=1S/C11H13BrCl2O3/c1-5-8(15-2)7(12)6(11(13)14)10(17-4)9(5)16-3/h11H,1-4H3. The normalized spacial score (nSPS) is 10.6. The van der Waals surface area contributed by atoms with E-state index in [1.807, 2.05) is 6.92 Å². The fourth-order valence-electron chi connectivity index (χ4n) is 1.67. The van der Waals surface area contributed by atoms with Gasteiger partial charge < -0.3 is 14.2 Å². The molecule has 1 aromatic carbocycles. The van der Waals surface area contributed by atoms with Gasteiger partial charge in [0.25, 0.3) is 0 Å². The monoisotopic (exact) mass is 342 g/mol. The lowest BCUT2D eigenvalue weighted by molar-refractivity contribution is 0.342. The molecule has 0 heterocycles. The molecule has 0 fully saturated rings. The number of hydrogen-bond acceptors (Lipinski definition) is 3. The van der Waals surface area contributed by atoms with E-state index in [4.69, 9.17) is 37.4 Å². The van der Waals surface area contributed by atoms with Gasteiger partial charge in [0.15, 0.2) is 11.5 Å². The van der Waals surface area contributed by atoms with E-state index in [9.17, 15) is 0 Å². The molecule has 0 amide bonds. The Morgan fingerprint density at radius 2 is 1.41 bits per heavy atom. The Hall–Kier alpha value is -0.320. The molecule has 6 heteroatoms. The first-order chi connectivity index (χ1) is 7.99. The topological polar surface area (TPSA) is 27.7 Å². The summed E-state index contributed by atoms with van der Waals surface area (Å²) in [6.07, 6.45) is 0. The summed E-state index contributed by atoms with van der Waals surface area (Å²) in [5.41, 5.74) is 1.41. The van der Waals surface area contributed by atoms with E-state index >= 15 is 0 Å². The van der Waals surface area contributed by atoms with E-state index in [1.54, 1.807) is 14.2 Å². The lowest BCUT2D eigenvalue weighted by Crippen LogP contribution is -2.02. The zero-order valence-electron chi connectivity index (χ0n) is 9.94. The molecule has 96 valence electrons. The van der Waals surface area contributed by atoms with Crippen LogP contribution in [0.1, 0.15) is 16.0 Å². The molecule has 0 bridgehead atoms. The molecule has 3 nitrogen and oxygen atoms in total. The highest BCUT2D eigenvalue weighted by atomic mass is 79.9. The first kappa shape index (κ1) is 14.7. The molecule has 0 spiro atoms. The maximum atomic E-state index is 5.95. The Morgan fingerprint density at radius 3 is 1.76 bits per heavy atom. The molecule has 0 aromatic heterocycles. The predicted octanol–water partition coefficient (Wildman–Crippen LogP) is 4.26. The third kappa shape index (κ3) is 2.59. The number of alkyl halides is 2. The van der Waals surface area contributed by atoms with Crippen LogP contribution in [0, 0.1) is 6.92 Å². The molecule has 0 saturated heterocycles. The van der Waals surface area contributed by atoms with Crippen molar-refractivity contribution in [1.29, 1.82) is 0 Å². The first-order valence-corrected chi connectivity index (χ1v) is 6.42. The van der Waals surface area contributed by atoms with Crippen LogP contribution in [0.3, 0.4) is 0 Å². The van der Waals surface area contributed by atoms with Gasteiger partial charge in [0.1, 0.15) is 10.6 Å². The number of benzene rings is 1. The van der Waals surface area contributed by atoms with Gasteiger partial charge in [0.2, 0.25) is 0 Å². The number of ether oxygens (including phenoxy) is 3. The van der Waals surface area contributed by atoms with E-state index in [0.717, 1.165) is 5.56 Å². The molecule has 0 N–H and O–H groups in total. The van der Waals surface area contributed by atoms with Gasteiger partial charge in [-0.3, -0.25) is 0 Å². The number of hydrogen-bond donors (Lipinski definition) is 0. The van der Waals surface area contributed by atoms with E-state index < -0.39 is 4.84 Å². The average molecular weight is 344 g/mol. The van der Waals surface area contributed by atoms with Gasteiger partial charge in [-0.25, -0.2) is 0 Å². The van der Waals surface area contributed by atoms with Crippen LogP contribution in [0.5, 0.6) is 17.2 Å². The third-order valence-electron chi connectivity index (χ3n) is 2.40. The fraction of sp³-hybridized carbons (Fsp3) is 0.455. The summed E-state index contributed by atoms with van der Waals surface area (Å²) < 4.78 is 16.6. The Labute approximate surface area is 119 Å². The second-order valence-electron chi connectivity index (χ2n) is 3.25. The van der Waals surface area contributed by atoms with Crippen molar-refractivity contribution < 1.29 is 14.2 Å². The summed E-state index contributed by atoms with van der Waals surface area (Å²) in [7, 11) is 4.66. The van der Waals surface area contributed by atoms with Crippen LogP contribution in [-0.4, -0.2) is 21.3 Å². The largest absolute Gasteiger partial charge is 0.495 e. The van der Waals surface area contributed by atoms with Gasteiger partial charge in [0.05, 0.1) is 25.8 Å². The molecule has 0 unspecified atom stereocenters. The summed E-state index contributed by atoms with van der Waals surface area (Å²) in [6.45, 7) is 1.87. The van der Waals surface area contributed by atoms with E-state index in [2.05, 4.69) is 15.9 Å². The van der Waals surface area contributed by atoms with Crippen LogP contribution in [0.4, 0.5) is 0 Å². The molecule has 0 aliphatic carbocycles. The summed E-state index contributed by atoms with van der Waals surface area (Å²) in [4.78, 5) is -0.747. The van der Waals surface area contributed by atoms with Crippen molar-refractivity contribution in [3.63, 3.8) is 0 Å². The first-order valence-electron chi connectivity index (χ1n) is 4.75. The maximum Gasteiger partial charge on any atom is 0.168 e. The molecular formula is C11H13BrCl2O3. The van der Waals surface area contributed by atoms with Gasteiger partial charge in [-0.05, 0) is 22.9 Å². The van der Waals surface area contributed by atoms with Gasteiger partial charge >= 0.3 is 0 Å². The number of rotatable bonds is 4. The predicted molar refractivity (Wildman–Crippen MR) is 73.0 cm³/mol. The van der Waals surface area contributed by atoms with Crippen LogP contribution in [0.2, 0.25) is 0 Å². The zero-order chi connectivity index (χ0) is 13.2. The summed E-state index contributed by atoms with van der Waals surface area (Å²) >= 11 is 15.3. The van der Waals surface area contributed by atoms with Crippen LogP contribution < -0.4 is 14.2 Å². The van der Waals surface area contributed by atoms with Crippen molar-refractivity contribution in [3.05, 3.63) is 15.6 Å². The Kier molecular flexibility index (Phi) is 5.22. The quantitative estimate of drug-likeness (QED) is 0.764. The summed E-state index contributed by atoms with van der Waals surface area (Å²) in [6, 6.07) is 0. The lowest BCUT2D eigenvalue weighted by Gasteiger charge is -2.20. The van der Waals surface area contributed by atoms with Gasteiger partial charge in [0, 0.05) is 11.1 Å². The van der Waals surface area contributed by atoms with Gasteiger partial charge in [-0.15, -0.1) is 0 Å². The second-order valence-corrected chi connectivity index (χ2v) is 5.14. The van der Waals surface area contributed by atoms with Gasteiger partial charge in [-0.1, -0.05) is 23.2 Å². The fourth-order valence-corrected chi connectivity index (χ4v) is 3.22. The minimum atomic E-state index is -0.747. The van der Waals surface area contributed by atoms with Crippen molar-refractivity contribution >= 4 is 39.1 Å². The van der Waals surface area contributed by atoms with Crippen molar-refractivity contribution in [1.82, 2.24) is 0 Å². The molecule has 17 heavy (non-hydrogen) atoms. The van der Waals surface area contributed by atoms with Crippen molar-refractivity contribution in [2.24, 2.45) is 0 Å². The molecule has 0 aliphatic rings. The smallest absolute Gasteiger partial charge is 0.168 e. The van der Waals surface area contributed by atoms with Crippen LogP contribution in [0.25, 0.3) is 0 Å². The minimum absolute atomic E-state index is 0.507. The van der Waals surface area contributed by atoms with Crippen LogP contribution >= 0.6 is 39.1 Å². The maximum absolute atomic E-state index is 5.95. The molecule has 0 saturated carbocycles. The second kappa shape index (κ2) is 6.03. The van der Waals surface area contributed by atoms with Crippen molar-refractivity contribution in [3.8, 4) is 17.2 Å². The highest BCUT2D eigenvalue weighted by molar-refractivity contribution is 9.10. The highest BCUT2D eigenvalue weighted by Crippen LogP contribution is 2.50. The Morgan fingerprint density at radius 1 is 0.941 bits per heavy atom. The third-order valence-corrected chi connectivity index (χ3v) is 3.62. The van der Waals surface area contributed by atoms with Crippen molar-refractivity contribution in [2.75, 3.05) is 21.3 Å². The van der Waals surface area contributed by atoms with E-state index in [1.165, 1.54) is 7.11 Å². The molecule has 0 radical (unpaired) electrons. The SMILES string of the molecule is COc1c(C)c(OC)c(OC)c(C(Cl)Cl)c1Br. The lowest BCUT2D eigenvalue weighted by atomic mass is 10.1. The molecule has 0 aliphatic heterocycles. The molecule has 0 atom stereocenters. The Balaban J connectivity index is 3.68. The molecule has 1 aromatic rings. The van der Waals surface area contributed by atoms with E-state index in [0.29, 0.717) is 27.3 Å². The Bertz CT molecular complexity index is 422. The minimum Gasteiger partial charge on any atom is -0.495 e. The van der Waals surface area contributed by atoms with Crippen LogP contribution in [0.15, 0.2) is 4.47 Å². The zero-order valence-corrected chi connectivity index (χ0v) is 13.0. The molecule has 1 rings (SSSR count). The highest BCUT2D eigenvalue weighted by Gasteiger charge is 2.26. The number of methoxy groups -OCH3 is 3. The summed E-state index contributed by atoms with van der Waals surface area (Å²) in [5, 5.41) is 0. The van der Waals surface area contributed by atoms with E-state index in [-0.39, 0.29) is 0 Å². The van der Waals surface area contributed by atoms with Crippen molar-refractivity contribution in [2.45, 2.75) is 11.8 Å². The summed E-state index contributed by atoms with van der Waals surface area (Å²) in [5.74, 6) is 1.70. The van der Waals surface area contributed by atoms with Crippen LogP contribution in [-0.2, 0) is 0 Å². The van der Waals surface area contributed by atoms with Gasteiger partial charge in [-0.2, -0.15) is 0 Å². The number of halogens is 3. The average Bonchev–Trinajstić information content (AvgIpc) is 2.28. The molecular weight excluding hydrogens is 331 g/mol.